The molecule has 1 saturated heterocycles. The Morgan fingerprint density at radius 2 is 1.59 bits per heavy atom. The van der Waals surface area contributed by atoms with Gasteiger partial charge in [0.15, 0.2) is 0 Å². The summed E-state index contributed by atoms with van der Waals surface area (Å²) >= 11 is 0. The van der Waals surface area contributed by atoms with Crippen molar-refractivity contribution in [2.75, 3.05) is 46.4 Å². The second-order valence-corrected chi connectivity index (χ2v) is 7.01. The fourth-order valence-electron chi connectivity index (χ4n) is 3.34. The van der Waals surface area contributed by atoms with Crippen LogP contribution in [0.2, 0.25) is 0 Å². The highest BCUT2D eigenvalue weighted by Crippen LogP contribution is 2.21. The van der Waals surface area contributed by atoms with Gasteiger partial charge in [0.2, 0.25) is 11.8 Å². The largest absolute Gasteiger partial charge is 0.497 e. The van der Waals surface area contributed by atoms with Gasteiger partial charge in [-0.2, -0.15) is 0 Å². The molecule has 3 aromatic rings. The van der Waals surface area contributed by atoms with Crippen molar-refractivity contribution in [3.63, 3.8) is 0 Å². The molecule has 2 heterocycles. The Balaban J connectivity index is 1.21. The van der Waals surface area contributed by atoms with Crippen LogP contribution in [0.5, 0.6) is 11.5 Å². The molecule has 7 heteroatoms. The van der Waals surface area contributed by atoms with E-state index < -0.39 is 0 Å². The van der Waals surface area contributed by atoms with Crippen LogP contribution in [-0.4, -0.2) is 66.4 Å². The first-order valence-electron chi connectivity index (χ1n) is 9.89. The summed E-state index contributed by atoms with van der Waals surface area (Å²) in [5.41, 5.74) is 0.896. The van der Waals surface area contributed by atoms with E-state index in [0.717, 1.165) is 49.8 Å². The molecule has 0 unspecified atom stereocenters. The van der Waals surface area contributed by atoms with E-state index in [9.17, 15) is 0 Å². The maximum absolute atomic E-state index is 5.85. The Morgan fingerprint density at radius 1 is 0.862 bits per heavy atom. The number of rotatable bonds is 8. The number of aromatic nitrogens is 2. The number of ether oxygens (including phenoxy) is 2. The number of piperazine rings is 1. The Morgan fingerprint density at radius 3 is 2.31 bits per heavy atom. The van der Waals surface area contributed by atoms with E-state index in [0.29, 0.717) is 24.9 Å². The molecule has 4 rings (SSSR count). The molecule has 0 amide bonds. The molecule has 0 spiro atoms. The van der Waals surface area contributed by atoms with Gasteiger partial charge in [-0.05, 0) is 36.4 Å². The van der Waals surface area contributed by atoms with Crippen LogP contribution >= 0.6 is 0 Å². The van der Waals surface area contributed by atoms with Gasteiger partial charge >= 0.3 is 0 Å². The summed E-state index contributed by atoms with van der Waals surface area (Å²) in [6.45, 7) is 6.30. The highest BCUT2D eigenvalue weighted by Gasteiger charge is 2.19. The van der Waals surface area contributed by atoms with Crippen LogP contribution in [0.3, 0.4) is 0 Å². The highest BCUT2D eigenvalue weighted by atomic mass is 16.5. The molecule has 152 valence electrons. The minimum atomic E-state index is 0.541. The summed E-state index contributed by atoms with van der Waals surface area (Å²) < 4.78 is 16.8. The molecule has 0 radical (unpaired) electrons. The number of benzene rings is 2. The molecular formula is C22H26N4O3. The van der Waals surface area contributed by atoms with Crippen molar-refractivity contribution >= 4 is 0 Å². The predicted octanol–water partition coefficient (Wildman–Crippen LogP) is 2.94. The smallest absolute Gasteiger partial charge is 0.247 e. The molecular weight excluding hydrogens is 368 g/mol. The van der Waals surface area contributed by atoms with Gasteiger partial charge in [-0.3, -0.25) is 9.80 Å². The summed E-state index contributed by atoms with van der Waals surface area (Å²) in [5, 5.41) is 8.39. The Bertz CT molecular complexity index is 875. The average molecular weight is 394 g/mol. The number of hydrogen-bond donors (Lipinski definition) is 0. The lowest BCUT2D eigenvalue weighted by molar-refractivity contribution is 0.106. The lowest BCUT2D eigenvalue weighted by atomic mass is 10.2. The van der Waals surface area contributed by atoms with E-state index in [1.54, 1.807) is 7.11 Å². The van der Waals surface area contributed by atoms with Crippen molar-refractivity contribution in [1.29, 1.82) is 0 Å². The topological polar surface area (TPSA) is 63.9 Å². The molecule has 0 bridgehead atoms. The minimum Gasteiger partial charge on any atom is -0.497 e. The van der Waals surface area contributed by atoms with Crippen LogP contribution in [0.25, 0.3) is 11.5 Å². The molecule has 1 aliphatic rings. The Kier molecular flexibility index (Phi) is 6.38. The van der Waals surface area contributed by atoms with E-state index in [1.165, 1.54) is 0 Å². The molecule has 0 aliphatic carbocycles. The van der Waals surface area contributed by atoms with Crippen LogP contribution in [-0.2, 0) is 6.54 Å². The summed E-state index contributed by atoms with van der Waals surface area (Å²) in [7, 11) is 1.65. The van der Waals surface area contributed by atoms with Gasteiger partial charge in [0.05, 0.1) is 13.7 Å². The quantitative estimate of drug-likeness (QED) is 0.582. The normalized spacial score (nSPS) is 15.3. The third kappa shape index (κ3) is 5.34. The van der Waals surface area contributed by atoms with Gasteiger partial charge in [-0.25, -0.2) is 0 Å². The van der Waals surface area contributed by atoms with E-state index in [1.807, 2.05) is 54.6 Å². The monoisotopic (exact) mass is 394 g/mol. The van der Waals surface area contributed by atoms with Crippen LogP contribution in [0.4, 0.5) is 0 Å². The zero-order chi connectivity index (χ0) is 19.9. The first-order chi connectivity index (χ1) is 14.3. The van der Waals surface area contributed by atoms with Crippen molar-refractivity contribution in [3.05, 3.63) is 60.5 Å². The summed E-state index contributed by atoms with van der Waals surface area (Å²) in [4.78, 5) is 4.77. The SMILES string of the molecule is COc1ccc(-c2nnc(CN3CCN(CCOc4ccccc4)CC3)o2)cc1. The molecule has 0 N–H and O–H groups in total. The van der Waals surface area contributed by atoms with Gasteiger partial charge in [0.1, 0.15) is 18.1 Å². The van der Waals surface area contributed by atoms with E-state index >= 15 is 0 Å². The molecule has 1 aromatic heterocycles. The second kappa shape index (κ2) is 9.54. The molecule has 7 nitrogen and oxygen atoms in total. The van der Waals surface area contributed by atoms with E-state index in [4.69, 9.17) is 13.9 Å². The van der Waals surface area contributed by atoms with Gasteiger partial charge in [-0.15, -0.1) is 10.2 Å². The highest BCUT2D eigenvalue weighted by molar-refractivity contribution is 5.53. The predicted molar refractivity (Wildman–Crippen MR) is 110 cm³/mol. The van der Waals surface area contributed by atoms with Crippen molar-refractivity contribution in [3.8, 4) is 23.0 Å². The fourth-order valence-corrected chi connectivity index (χ4v) is 3.34. The van der Waals surface area contributed by atoms with E-state index in [-0.39, 0.29) is 0 Å². The standard InChI is InChI=1S/C22H26N4O3/c1-27-19-9-7-18(8-10-19)22-24-23-21(29-22)17-26-13-11-25(12-14-26)15-16-28-20-5-3-2-4-6-20/h2-10H,11-17H2,1H3. The third-order valence-corrected chi connectivity index (χ3v) is 5.05. The second-order valence-electron chi connectivity index (χ2n) is 7.01. The summed E-state index contributed by atoms with van der Waals surface area (Å²) in [6, 6.07) is 17.6. The van der Waals surface area contributed by atoms with Crippen molar-refractivity contribution in [2.45, 2.75) is 6.54 Å². The minimum absolute atomic E-state index is 0.541. The lowest BCUT2D eigenvalue weighted by Gasteiger charge is -2.33. The number of para-hydroxylation sites is 1. The van der Waals surface area contributed by atoms with Crippen molar-refractivity contribution in [2.24, 2.45) is 0 Å². The molecule has 29 heavy (non-hydrogen) atoms. The third-order valence-electron chi connectivity index (χ3n) is 5.05. The summed E-state index contributed by atoms with van der Waals surface area (Å²) in [5.74, 6) is 2.92. The Hall–Kier alpha value is -2.90. The van der Waals surface area contributed by atoms with Crippen LogP contribution in [0.15, 0.2) is 59.0 Å². The number of nitrogens with zero attached hydrogens (tertiary/aromatic N) is 4. The van der Waals surface area contributed by atoms with Crippen LogP contribution in [0, 0.1) is 0 Å². The first kappa shape index (κ1) is 19.4. The van der Waals surface area contributed by atoms with Crippen LogP contribution < -0.4 is 9.47 Å². The van der Waals surface area contributed by atoms with E-state index in [2.05, 4.69) is 20.0 Å². The van der Waals surface area contributed by atoms with Crippen LogP contribution in [0.1, 0.15) is 5.89 Å². The molecule has 0 atom stereocenters. The lowest BCUT2D eigenvalue weighted by Crippen LogP contribution is -2.47. The van der Waals surface area contributed by atoms with Gasteiger partial charge in [0, 0.05) is 38.3 Å². The zero-order valence-electron chi connectivity index (χ0n) is 16.7. The molecule has 1 aliphatic heterocycles. The van der Waals surface area contributed by atoms with Gasteiger partial charge in [-0.1, -0.05) is 18.2 Å². The average Bonchev–Trinajstić information content (AvgIpc) is 3.24. The molecule has 1 fully saturated rings. The fraction of sp³-hybridized carbons (Fsp3) is 0.364. The van der Waals surface area contributed by atoms with Crippen molar-refractivity contribution < 1.29 is 13.9 Å². The number of hydrogen-bond acceptors (Lipinski definition) is 7. The Labute approximate surface area is 170 Å². The number of methoxy groups -OCH3 is 1. The van der Waals surface area contributed by atoms with Gasteiger partial charge < -0.3 is 13.9 Å². The maximum Gasteiger partial charge on any atom is 0.247 e. The van der Waals surface area contributed by atoms with Crippen molar-refractivity contribution in [1.82, 2.24) is 20.0 Å². The molecule has 0 saturated carbocycles. The summed E-state index contributed by atoms with van der Waals surface area (Å²) in [6.07, 6.45) is 0. The molecule has 2 aromatic carbocycles. The zero-order valence-corrected chi connectivity index (χ0v) is 16.7. The van der Waals surface area contributed by atoms with Gasteiger partial charge in [0.25, 0.3) is 0 Å². The first-order valence-corrected chi connectivity index (χ1v) is 9.89. The maximum atomic E-state index is 5.85.